The van der Waals surface area contributed by atoms with Crippen LogP contribution in [-0.2, 0) is 20.9 Å². The van der Waals surface area contributed by atoms with Crippen LogP contribution in [0.2, 0.25) is 0 Å². The van der Waals surface area contributed by atoms with Gasteiger partial charge >= 0.3 is 5.97 Å². The third kappa shape index (κ3) is 3.03. The van der Waals surface area contributed by atoms with Gasteiger partial charge in [0.1, 0.15) is 6.04 Å². The number of methoxy groups -OCH3 is 1. The molecule has 1 N–H and O–H groups in total. The van der Waals surface area contributed by atoms with Crippen LogP contribution in [0.4, 0.5) is 0 Å². The van der Waals surface area contributed by atoms with Crippen LogP contribution in [0.1, 0.15) is 12.5 Å². The molecule has 0 spiro atoms. The van der Waals surface area contributed by atoms with Crippen molar-refractivity contribution in [3.05, 3.63) is 36.0 Å². The first-order valence-corrected chi connectivity index (χ1v) is 6.39. The zero-order valence-electron chi connectivity index (χ0n) is 11.8. The van der Waals surface area contributed by atoms with Gasteiger partial charge in [-0.2, -0.15) is 5.26 Å². The maximum absolute atomic E-state index is 11.7. The summed E-state index contributed by atoms with van der Waals surface area (Å²) in [6, 6.07) is 8.55. The highest BCUT2D eigenvalue weighted by Gasteiger charge is 2.21. The predicted octanol–water partition coefficient (Wildman–Crippen LogP) is 1.19. The van der Waals surface area contributed by atoms with E-state index in [1.165, 1.54) is 14.0 Å². The lowest BCUT2D eigenvalue weighted by atomic mass is 10.1. The Morgan fingerprint density at radius 2 is 2.19 bits per heavy atom. The summed E-state index contributed by atoms with van der Waals surface area (Å²) in [5.41, 5.74) is 1.40. The number of carbonyl (C=O) groups is 2. The number of rotatable bonds is 4. The number of amides is 1. The van der Waals surface area contributed by atoms with Crippen LogP contribution in [0.15, 0.2) is 30.5 Å². The molecule has 1 aromatic carbocycles. The smallest absolute Gasteiger partial charge is 0.330 e. The number of nitrogens with zero attached hydrogens (tertiary/aromatic N) is 2. The lowest BCUT2D eigenvalue weighted by molar-refractivity contribution is -0.145. The van der Waals surface area contributed by atoms with Crippen LogP contribution in [0.25, 0.3) is 10.9 Å². The molecule has 0 aliphatic carbocycles. The van der Waals surface area contributed by atoms with E-state index in [9.17, 15) is 9.59 Å². The summed E-state index contributed by atoms with van der Waals surface area (Å²) < 4.78 is 6.51. The Morgan fingerprint density at radius 1 is 1.43 bits per heavy atom. The van der Waals surface area contributed by atoms with Crippen LogP contribution in [0, 0.1) is 11.3 Å². The number of fused-ring (bicyclic) bond motifs is 1. The highest BCUT2D eigenvalue weighted by molar-refractivity contribution is 5.87. The molecule has 6 nitrogen and oxygen atoms in total. The Kier molecular flexibility index (Phi) is 4.24. The molecule has 0 aliphatic heterocycles. The van der Waals surface area contributed by atoms with Crippen LogP contribution in [0.3, 0.4) is 0 Å². The number of ether oxygens (including phenoxy) is 1. The van der Waals surface area contributed by atoms with Gasteiger partial charge in [0, 0.05) is 24.0 Å². The molecule has 1 heterocycles. The normalized spacial score (nSPS) is 11.7. The minimum atomic E-state index is -0.770. The highest BCUT2D eigenvalue weighted by Crippen LogP contribution is 2.20. The van der Waals surface area contributed by atoms with E-state index in [2.05, 4.69) is 11.4 Å². The summed E-state index contributed by atoms with van der Waals surface area (Å²) in [6.07, 6.45) is 1.78. The Balaban J connectivity index is 2.35. The fraction of sp³-hybridized carbons (Fsp3) is 0.267. The average molecular weight is 285 g/mol. The van der Waals surface area contributed by atoms with E-state index in [0.717, 1.165) is 10.9 Å². The number of nitriles is 1. The summed E-state index contributed by atoms with van der Waals surface area (Å²) in [7, 11) is 1.28. The second kappa shape index (κ2) is 6.09. The third-order valence-corrected chi connectivity index (χ3v) is 3.18. The van der Waals surface area contributed by atoms with Crippen molar-refractivity contribution < 1.29 is 14.3 Å². The van der Waals surface area contributed by atoms with Gasteiger partial charge in [0.15, 0.2) is 0 Å². The van der Waals surface area contributed by atoms with Gasteiger partial charge in [0.2, 0.25) is 5.91 Å². The minimum Gasteiger partial charge on any atom is -0.467 e. The Hall–Kier alpha value is -2.81. The first kappa shape index (κ1) is 14.6. The molecule has 6 heteroatoms. The number of carbonyl (C=O) groups excluding carboxylic acids is 2. The van der Waals surface area contributed by atoms with E-state index in [-0.39, 0.29) is 12.5 Å². The molecule has 1 atom stereocenters. The van der Waals surface area contributed by atoms with Crippen molar-refractivity contribution in [1.82, 2.24) is 9.88 Å². The summed E-state index contributed by atoms with van der Waals surface area (Å²) in [5.74, 6) is -0.817. The second-order valence-electron chi connectivity index (χ2n) is 4.59. The van der Waals surface area contributed by atoms with E-state index in [0.29, 0.717) is 5.56 Å². The van der Waals surface area contributed by atoms with E-state index in [1.807, 2.05) is 16.7 Å². The fourth-order valence-electron chi connectivity index (χ4n) is 2.24. The number of hydrogen-bond donors (Lipinski definition) is 1. The van der Waals surface area contributed by atoms with E-state index in [1.54, 1.807) is 18.3 Å². The zero-order chi connectivity index (χ0) is 15.4. The van der Waals surface area contributed by atoms with Gasteiger partial charge in [0.05, 0.1) is 25.3 Å². The van der Waals surface area contributed by atoms with E-state index in [4.69, 9.17) is 10.00 Å². The monoisotopic (exact) mass is 285 g/mol. The summed E-state index contributed by atoms with van der Waals surface area (Å²) in [4.78, 5) is 22.9. The van der Waals surface area contributed by atoms with Crippen LogP contribution in [0.5, 0.6) is 0 Å². The van der Waals surface area contributed by atoms with Crippen LogP contribution >= 0.6 is 0 Å². The number of benzene rings is 1. The van der Waals surface area contributed by atoms with Gasteiger partial charge in [0.25, 0.3) is 0 Å². The van der Waals surface area contributed by atoms with Crippen molar-refractivity contribution in [2.24, 2.45) is 0 Å². The van der Waals surface area contributed by atoms with Crippen molar-refractivity contribution in [3.8, 4) is 6.07 Å². The molecule has 108 valence electrons. The van der Waals surface area contributed by atoms with Crippen molar-refractivity contribution in [3.63, 3.8) is 0 Å². The lowest BCUT2D eigenvalue weighted by Gasteiger charge is -2.17. The minimum absolute atomic E-state index is 0.241. The molecule has 1 amide bonds. The number of esters is 1. The number of nitrogens with one attached hydrogen (secondary N) is 1. The summed E-state index contributed by atoms with van der Waals surface area (Å²) in [6.45, 7) is 1.59. The summed E-state index contributed by atoms with van der Waals surface area (Å²) >= 11 is 0. The lowest BCUT2D eigenvalue weighted by Crippen LogP contribution is -2.43. The van der Waals surface area contributed by atoms with Crippen molar-refractivity contribution in [1.29, 1.82) is 5.26 Å². The Labute approximate surface area is 121 Å². The molecule has 0 saturated heterocycles. The molecule has 21 heavy (non-hydrogen) atoms. The van der Waals surface area contributed by atoms with Gasteiger partial charge in [-0.15, -0.1) is 0 Å². The van der Waals surface area contributed by atoms with E-state index < -0.39 is 12.0 Å². The molecular formula is C15H15N3O3. The van der Waals surface area contributed by atoms with Gasteiger partial charge in [-0.05, 0) is 18.2 Å². The predicted molar refractivity (Wildman–Crippen MR) is 76.3 cm³/mol. The highest BCUT2D eigenvalue weighted by atomic mass is 16.5. The molecule has 1 aromatic heterocycles. The zero-order valence-corrected chi connectivity index (χ0v) is 11.8. The third-order valence-electron chi connectivity index (χ3n) is 3.18. The second-order valence-corrected chi connectivity index (χ2v) is 4.59. The summed E-state index contributed by atoms with van der Waals surface area (Å²) in [5, 5.41) is 12.5. The van der Waals surface area contributed by atoms with Gasteiger partial charge < -0.3 is 14.6 Å². The Bertz CT molecular complexity index is 727. The molecule has 0 aliphatic rings. The molecule has 0 fully saturated rings. The largest absolute Gasteiger partial charge is 0.467 e. The van der Waals surface area contributed by atoms with Crippen LogP contribution < -0.4 is 5.32 Å². The van der Waals surface area contributed by atoms with Crippen LogP contribution in [-0.4, -0.2) is 29.6 Å². The van der Waals surface area contributed by atoms with Gasteiger partial charge in [-0.25, -0.2) is 4.79 Å². The molecule has 0 saturated carbocycles. The number of aromatic nitrogens is 1. The fourth-order valence-corrected chi connectivity index (χ4v) is 2.24. The Morgan fingerprint density at radius 3 is 2.81 bits per heavy atom. The first-order chi connectivity index (χ1) is 10.1. The molecule has 0 bridgehead atoms. The van der Waals surface area contributed by atoms with E-state index >= 15 is 0 Å². The first-order valence-electron chi connectivity index (χ1n) is 6.39. The molecule has 2 rings (SSSR count). The molecule has 2 aromatic rings. The van der Waals surface area contributed by atoms with Crippen molar-refractivity contribution >= 4 is 22.8 Å². The maximum atomic E-state index is 11.7. The molecule has 1 unspecified atom stereocenters. The maximum Gasteiger partial charge on any atom is 0.330 e. The van der Waals surface area contributed by atoms with Crippen molar-refractivity contribution in [2.45, 2.75) is 19.5 Å². The SMILES string of the molecule is COC(=O)C(Cn1ccc2c(C#N)cccc21)NC(C)=O. The molecule has 0 radical (unpaired) electrons. The molecular weight excluding hydrogens is 270 g/mol. The number of hydrogen-bond acceptors (Lipinski definition) is 4. The van der Waals surface area contributed by atoms with Gasteiger partial charge in [-0.1, -0.05) is 6.07 Å². The standard InChI is InChI=1S/C15H15N3O3/c1-10(19)17-13(15(20)21-2)9-18-7-6-12-11(8-16)4-3-5-14(12)18/h3-7,13H,9H2,1-2H3,(H,17,19). The topological polar surface area (TPSA) is 84.1 Å². The van der Waals surface area contributed by atoms with Gasteiger partial charge in [-0.3, -0.25) is 4.79 Å². The van der Waals surface area contributed by atoms with Crippen molar-refractivity contribution in [2.75, 3.05) is 7.11 Å². The average Bonchev–Trinajstić information content (AvgIpc) is 2.88. The quantitative estimate of drug-likeness (QED) is 0.855.